The standard InChI is InChI=1S/C21H20N6O3/c1-27-5-4-12-6-17(13-10-23-21(22)24-11-13)26-19(18(12)20(27)28)25-14-7-15(29-2)9-16(8-14)30-3/h4-11H,1-3H3,(H,25,26)(H2,22,23,24). The van der Waals surface area contributed by atoms with Crippen molar-refractivity contribution < 1.29 is 9.47 Å². The van der Waals surface area contributed by atoms with E-state index >= 15 is 0 Å². The quantitative estimate of drug-likeness (QED) is 0.521. The van der Waals surface area contributed by atoms with Crippen LogP contribution in [-0.2, 0) is 7.05 Å². The number of rotatable bonds is 5. The van der Waals surface area contributed by atoms with E-state index in [1.807, 2.05) is 12.1 Å². The summed E-state index contributed by atoms with van der Waals surface area (Å²) < 4.78 is 12.2. The average molecular weight is 404 g/mol. The van der Waals surface area contributed by atoms with Crippen LogP contribution in [-0.4, -0.2) is 33.7 Å². The molecule has 0 saturated carbocycles. The molecule has 0 aliphatic rings. The van der Waals surface area contributed by atoms with Crippen molar-refractivity contribution in [3.63, 3.8) is 0 Å². The minimum Gasteiger partial charge on any atom is -0.497 e. The van der Waals surface area contributed by atoms with Crippen LogP contribution < -0.4 is 26.1 Å². The highest BCUT2D eigenvalue weighted by atomic mass is 16.5. The number of fused-ring (bicyclic) bond motifs is 1. The molecule has 0 bridgehead atoms. The molecule has 0 unspecified atom stereocenters. The minimum atomic E-state index is -0.169. The first-order valence-electron chi connectivity index (χ1n) is 9.07. The van der Waals surface area contributed by atoms with Crippen LogP contribution in [0.1, 0.15) is 0 Å². The summed E-state index contributed by atoms with van der Waals surface area (Å²) in [5.74, 6) is 1.79. The normalized spacial score (nSPS) is 10.8. The molecule has 3 aromatic heterocycles. The Kier molecular flexibility index (Phi) is 4.93. The van der Waals surface area contributed by atoms with Crippen LogP contribution >= 0.6 is 0 Å². The van der Waals surface area contributed by atoms with Gasteiger partial charge in [-0.3, -0.25) is 4.79 Å². The Morgan fingerprint density at radius 3 is 2.33 bits per heavy atom. The summed E-state index contributed by atoms with van der Waals surface area (Å²) in [6.07, 6.45) is 4.90. The average Bonchev–Trinajstić information content (AvgIpc) is 2.76. The Morgan fingerprint density at radius 2 is 1.70 bits per heavy atom. The third kappa shape index (κ3) is 3.60. The van der Waals surface area contributed by atoms with E-state index in [1.165, 1.54) is 4.57 Å². The molecule has 0 spiro atoms. The van der Waals surface area contributed by atoms with E-state index in [9.17, 15) is 4.79 Å². The van der Waals surface area contributed by atoms with Gasteiger partial charge < -0.3 is 25.1 Å². The number of ether oxygens (including phenoxy) is 2. The number of nitrogen functional groups attached to an aromatic ring is 1. The van der Waals surface area contributed by atoms with Gasteiger partial charge in [-0.25, -0.2) is 15.0 Å². The SMILES string of the molecule is COc1cc(Nc2nc(-c3cnc(N)nc3)cc3ccn(C)c(=O)c23)cc(OC)c1. The number of anilines is 3. The van der Waals surface area contributed by atoms with Gasteiger partial charge in [0, 0.05) is 55.1 Å². The van der Waals surface area contributed by atoms with Gasteiger partial charge >= 0.3 is 0 Å². The number of nitrogens with two attached hydrogens (primary N) is 1. The number of aryl methyl sites for hydroxylation is 1. The Morgan fingerprint density at radius 1 is 1.03 bits per heavy atom. The molecule has 1 aromatic carbocycles. The molecule has 152 valence electrons. The van der Waals surface area contributed by atoms with Gasteiger partial charge in [0.25, 0.3) is 5.56 Å². The second-order valence-electron chi connectivity index (χ2n) is 6.61. The van der Waals surface area contributed by atoms with Crippen molar-refractivity contribution in [1.82, 2.24) is 19.5 Å². The number of benzene rings is 1. The van der Waals surface area contributed by atoms with Crippen LogP contribution in [0.2, 0.25) is 0 Å². The van der Waals surface area contributed by atoms with Crippen molar-refractivity contribution in [2.45, 2.75) is 0 Å². The summed E-state index contributed by atoms with van der Waals surface area (Å²) in [6, 6.07) is 9.03. The van der Waals surface area contributed by atoms with E-state index in [2.05, 4.69) is 20.3 Å². The van der Waals surface area contributed by atoms with Crippen LogP contribution in [0.4, 0.5) is 17.5 Å². The molecule has 0 radical (unpaired) electrons. The minimum absolute atomic E-state index is 0.169. The van der Waals surface area contributed by atoms with Crippen LogP contribution in [0, 0.1) is 0 Å². The second kappa shape index (κ2) is 7.70. The smallest absolute Gasteiger partial charge is 0.261 e. The summed E-state index contributed by atoms with van der Waals surface area (Å²) in [6.45, 7) is 0. The number of nitrogens with zero attached hydrogens (tertiary/aromatic N) is 4. The van der Waals surface area contributed by atoms with Gasteiger partial charge in [0.15, 0.2) is 0 Å². The molecule has 4 aromatic rings. The summed E-state index contributed by atoms with van der Waals surface area (Å²) in [7, 11) is 4.84. The molecular weight excluding hydrogens is 384 g/mol. The van der Waals surface area contributed by atoms with Crippen molar-refractivity contribution in [2.24, 2.45) is 7.05 Å². The Bertz CT molecular complexity index is 1260. The van der Waals surface area contributed by atoms with Crippen LogP contribution in [0.3, 0.4) is 0 Å². The Hall–Kier alpha value is -4.14. The number of methoxy groups -OCH3 is 2. The monoisotopic (exact) mass is 404 g/mol. The van der Waals surface area contributed by atoms with Gasteiger partial charge in [0.1, 0.15) is 17.3 Å². The molecule has 0 atom stereocenters. The van der Waals surface area contributed by atoms with E-state index in [4.69, 9.17) is 15.2 Å². The second-order valence-corrected chi connectivity index (χ2v) is 6.61. The Balaban J connectivity index is 1.91. The molecule has 30 heavy (non-hydrogen) atoms. The van der Waals surface area contributed by atoms with E-state index in [0.717, 1.165) is 5.39 Å². The molecule has 9 nitrogen and oxygen atoms in total. The summed E-state index contributed by atoms with van der Waals surface area (Å²) in [4.78, 5) is 25.6. The molecule has 0 fully saturated rings. The maximum atomic E-state index is 12.9. The van der Waals surface area contributed by atoms with Gasteiger partial charge in [0.2, 0.25) is 5.95 Å². The van der Waals surface area contributed by atoms with Crippen LogP contribution in [0.25, 0.3) is 22.0 Å². The predicted octanol–water partition coefficient (Wildman–Crippen LogP) is 2.73. The van der Waals surface area contributed by atoms with Crippen molar-refractivity contribution in [3.05, 3.63) is 59.3 Å². The summed E-state index contributed by atoms with van der Waals surface area (Å²) in [5.41, 5.74) is 7.37. The zero-order valence-electron chi connectivity index (χ0n) is 16.7. The maximum Gasteiger partial charge on any atom is 0.261 e. The number of aromatic nitrogens is 4. The topological polar surface area (TPSA) is 117 Å². The lowest BCUT2D eigenvalue weighted by Crippen LogP contribution is -2.17. The van der Waals surface area contributed by atoms with Crippen molar-refractivity contribution in [3.8, 4) is 22.8 Å². The van der Waals surface area contributed by atoms with Crippen molar-refractivity contribution in [2.75, 3.05) is 25.3 Å². The van der Waals surface area contributed by atoms with Gasteiger partial charge in [-0.15, -0.1) is 0 Å². The van der Waals surface area contributed by atoms with Crippen LogP contribution in [0.5, 0.6) is 11.5 Å². The highest BCUT2D eigenvalue weighted by Crippen LogP contribution is 2.31. The molecular formula is C21H20N6O3. The number of nitrogens with one attached hydrogen (secondary N) is 1. The highest BCUT2D eigenvalue weighted by Gasteiger charge is 2.14. The first-order chi connectivity index (χ1) is 14.5. The largest absolute Gasteiger partial charge is 0.497 e. The lowest BCUT2D eigenvalue weighted by Gasteiger charge is -2.14. The van der Waals surface area contributed by atoms with Gasteiger partial charge in [0.05, 0.1) is 25.3 Å². The molecule has 3 N–H and O–H groups in total. The fourth-order valence-corrected chi connectivity index (χ4v) is 3.08. The lowest BCUT2D eigenvalue weighted by molar-refractivity contribution is 0.395. The third-order valence-electron chi connectivity index (χ3n) is 4.64. The predicted molar refractivity (Wildman–Crippen MR) is 115 cm³/mol. The molecule has 4 rings (SSSR count). The van der Waals surface area contributed by atoms with Gasteiger partial charge in [-0.05, 0) is 17.5 Å². The molecule has 3 heterocycles. The van der Waals surface area contributed by atoms with Crippen molar-refractivity contribution in [1.29, 1.82) is 0 Å². The molecule has 0 aliphatic carbocycles. The van der Waals surface area contributed by atoms with E-state index < -0.39 is 0 Å². The zero-order chi connectivity index (χ0) is 21.3. The number of pyridine rings is 2. The fourth-order valence-electron chi connectivity index (χ4n) is 3.08. The van der Waals surface area contributed by atoms with E-state index in [1.54, 1.807) is 58.1 Å². The maximum absolute atomic E-state index is 12.9. The molecule has 0 aliphatic heterocycles. The molecule has 9 heteroatoms. The van der Waals surface area contributed by atoms with Gasteiger partial charge in [-0.2, -0.15) is 0 Å². The first kappa shape index (κ1) is 19.2. The fraction of sp³-hybridized carbons (Fsp3) is 0.143. The molecule has 0 amide bonds. The van der Waals surface area contributed by atoms with E-state index in [0.29, 0.717) is 39.6 Å². The van der Waals surface area contributed by atoms with Crippen molar-refractivity contribution >= 4 is 28.2 Å². The summed E-state index contributed by atoms with van der Waals surface area (Å²) in [5, 5.41) is 4.43. The lowest BCUT2D eigenvalue weighted by atomic mass is 10.1. The Labute approximate surface area is 172 Å². The van der Waals surface area contributed by atoms with Gasteiger partial charge in [-0.1, -0.05) is 0 Å². The first-order valence-corrected chi connectivity index (χ1v) is 9.07. The number of hydrogen-bond acceptors (Lipinski definition) is 8. The summed E-state index contributed by atoms with van der Waals surface area (Å²) >= 11 is 0. The van der Waals surface area contributed by atoms with E-state index in [-0.39, 0.29) is 11.5 Å². The molecule has 0 saturated heterocycles. The zero-order valence-corrected chi connectivity index (χ0v) is 16.7. The third-order valence-corrected chi connectivity index (χ3v) is 4.64. The highest BCUT2D eigenvalue weighted by molar-refractivity contribution is 5.95. The van der Waals surface area contributed by atoms with Crippen LogP contribution in [0.15, 0.2) is 53.7 Å². The number of hydrogen-bond donors (Lipinski definition) is 2.